The highest BCUT2D eigenvalue weighted by Gasteiger charge is 2.09. The molecule has 0 fully saturated rings. The van der Waals surface area contributed by atoms with E-state index in [9.17, 15) is 9.90 Å². The standard InChI is InChI=1S/C15H13N5O3/c21-13-12(9-16-15(18-13)20-8-4-7-17-20)10-23-19-14(22)11-5-2-1-3-6-11/h1-9H,10H2,(H,19,22)(H,16,18,21). The van der Waals surface area contributed by atoms with Crippen LogP contribution in [0.15, 0.2) is 55.0 Å². The Morgan fingerprint density at radius 3 is 2.78 bits per heavy atom. The zero-order valence-corrected chi connectivity index (χ0v) is 12.0. The van der Waals surface area contributed by atoms with Gasteiger partial charge in [-0.1, -0.05) is 18.2 Å². The molecule has 0 spiro atoms. The second-order valence-corrected chi connectivity index (χ2v) is 4.56. The van der Waals surface area contributed by atoms with Crippen molar-refractivity contribution in [3.8, 4) is 11.8 Å². The number of nitrogens with one attached hydrogen (secondary N) is 1. The van der Waals surface area contributed by atoms with Crippen LogP contribution in [0, 0.1) is 0 Å². The van der Waals surface area contributed by atoms with E-state index in [0.717, 1.165) is 0 Å². The van der Waals surface area contributed by atoms with Crippen LogP contribution in [-0.4, -0.2) is 30.8 Å². The largest absolute Gasteiger partial charge is 0.493 e. The first-order valence-corrected chi connectivity index (χ1v) is 6.76. The Hall–Kier alpha value is -3.26. The van der Waals surface area contributed by atoms with Gasteiger partial charge in [0.2, 0.25) is 5.88 Å². The van der Waals surface area contributed by atoms with Gasteiger partial charge in [0.25, 0.3) is 11.9 Å². The van der Waals surface area contributed by atoms with Crippen molar-refractivity contribution in [2.45, 2.75) is 6.61 Å². The Balaban J connectivity index is 1.59. The summed E-state index contributed by atoms with van der Waals surface area (Å²) in [6.45, 7) is -0.0657. The zero-order valence-electron chi connectivity index (χ0n) is 12.0. The van der Waals surface area contributed by atoms with Crippen LogP contribution in [0.25, 0.3) is 5.95 Å². The van der Waals surface area contributed by atoms with Gasteiger partial charge in [0, 0.05) is 24.2 Å². The Kier molecular flexibility index (Phi) is 4.25. The lowest BCUT2D eigenvalue weighted by atomic mass is 10.2. The predicted molar refractivity (Wildman–Crippen MR) is 79.5 cm³/mol. The molecule has 1 aromatic carbocycles. The van der Waals surface area contributed by atoms with E-state index >= 15 is 0 Å². The maximum absolute atomic E-state index is 11.8. The molecule has 23 heavy (non-hydrogen) atoms. The smallest absolute Gasteiger partial charge is 0.274 e. The molecule has 8 nitrogen and oxygen atoms in total. The molecule has 0 unspecified atom stereocenters. The molecule has 8 heteroatoms. The summed E-state index contributed by atoms with van der Waals surface area (Å²) in [5, 5.41) is 13.9. The monoisotopic (exact) mass is 311 g/mol. The number of rotatable bonds is 5. The van der Waals surface area contributed by atoms with Crippen molar-refractivity contribution in [3.05, 3.63) is 66.1 Å². The van der Waals surface area contributed by atoms with Gasteiger partial charge >= 0.3 is 0 Å². The van der Waals surface area contributed by atoms with E-state index in [4.69, 9.17) is 4.84 Å². The van der Waals surface area contributed by atoms with Gasteiger partial charge in [-0.25, -0.2) is 15.1 Å². The Morgan fingerprint density at radius 2 is 2.09 bits per heavy atom. The van der Waals surface area contributed by atoms with E-state index in [1.54, 1.807) is 42.7 Å². The van der Waals surface area contributed by atoms with Gasteiger partial charge in [0.15, 0.2) is 0 Å². The van der Waals surface area contributed by atoms with Crippen LogP contribution in [0.5, 0.6) is 5.88 Å². The third-order valence-corrected chi connectivity index (χ3v) is 2.97. The molecule has 0 aliphatic heterocycles. The van der Waals surface area contributed by atoms with Crippen LogP contribution in [0.1, 0.15) is 15.9 Å². The second-order valence-electron chi connectivity index (χ2n) is 4.56. The van der Waals surface area contributed by atoms with Gasteiger partial charge in [-0.3, -0.25) is 9.63 Å². The molecule has 0 bridgehead atoms. The molecule has 0 saturated heterocycles. The van der Waals surface area contributed by atoms with E-state index in [2.05, 4.69) is 20.5 Å². The predicted octanol–water partition coefficient (Wildman–Crippen LogP) is 1.23. The van der Waals surface area contributed by atoms with Crippen LogP contribution in [-0.2, 0) is 11.4 Å². The Bertz CT molecular complexity index is 790. The highest BCUT2D eigenvalue weighted by Crippen LogP contribution is 2.14. The zero-order chi connectivity index (χ0) is 16.1. The molecule has 3 aromatic rings. The lowest BCUT2D eigenvalue weighted by Gasteiger charge is -2.07. The van der Waals surface area contributed by atoms with Crippen molar-refractivity contribution in [1.82, 2.24) is 25.2 Å². The second kappa shape index (κ2) is 6.67. The molecule has 0 saturated carbocycles. The van der Waals surface area contributed by atoms with E-state index < -0.39 is 0 Å². The number of carbonyl (C=O) groups excluding carboxylic acids is 1. The number of hydrogen-bond donors (Lipinski definition) is 2. The number of hydroxylamine groups is 1. The number of hydrogen-bond acceptors (Lipinski definition) is 6. The lowest BCUT2D eigenvalue weighted by Crippen LogP contribution is -2.23. The number of aromatic nitrogens is 4. The quantitative estimate of drug-likeness (QED) is 0.687. The fourth-order valence-corrected chi connectivity index (χ4v) is 1.82. The van der Waals surface area contributed by atoms with Gasteiger partial charge < -0.3 is 5.11 Å². The lowest BCUT2D eigenvalue weighted by molar-refractivity contribution is 0.0224. The minimum atomic E-state index is -0.376. The number of carbonyl (C=O) groups is 1. The van der Waals surface area contributed by atoms with Crippen molar-refractivity contribution in [1.29, 1.82) is 0 Å². The molecular formula is C15H13N5O3. The fourth-order valence-electron chi connectivity index (χ4n) is 1.82. The van der Waals surface area contributed by atoms with Gasteiger partial charge in [0.05, 0.1) is 5.56 Å². The van der Waals surface area contributed by atoms with Gasteiger partial charge in [-0.15, -0.1) is 0 Å². The Morgan fingerprint density at radius 1 is 1.26 bits per heavy atom. The summed E-state index contributed by atoms with van der Waals surface area (Å²) >= 11 is 0. The highest BCUT2D eigenvalue weighted by atomic mass is 16.6. The first-order valence-electron chi connectivity index (χ1n) is 6.76. The number of benzene rings is 1. The van der Waals surface area contributed by atoms with Crippen molar-refractivity contribution in [2.24, 2.45) is 0 Å². The first-order chi connectivity index (χ1) is 11.2. The van der Waals surface area contributed by atoms with Crippen molar-refractivity contribution < 1.29 is 14.7 Å². The maximum atomic E-state index is 11.8. The molecule has 3 rings (SSSR count). The third-order valence-electron chi connectivity index (χ3n) is 2.97. The normalized spacial score (nSPS) is 10.4. The average Bonchev–Trinajstić information content (AvgIpc) is 3.11. The van der Waals surface area contributed by atoms with Crippen LogP contribution in [0.3, 0.4) is 0 Å². The molecule has 0 aliphatic rings. The summed E-state index contributed by atoms with van der Waals surface area (Å²) in [6, 6.07) is 10.4. The van der Waals surface area contributed by atoms with E-state index in [-0.39, 0.29) is 24.3 Å². The number of aromatic hydroxyl groups is 1. The van der Waals surface area contributed by atoms with Crippen LogP contribution >= 0.6 is 0 Å². The molecule has 2 N–H and O–H groups in total. The molecule has 0 radical (unpaired) electrons. The number of nitrogens with zero attached hydrogens (tertiary/aromatic N) is 4. The summed E-state index contributed by atoms with van der Waals surface area (Å²) in [4.78, 5) is 24.9. The maximum Gasteiger partial charge on any atom is 0.274 e. The molecule has 1 amide bonds. The summed E-state index contributed by atoms with van der Waals surface area (Å²) in [7, 11) is 0. The van der Waals surface area contributed by atoms with Crippen molar-refractivity contribution >= 4 is 5.91 Å². The van der Waals surface area contributed by atoms with Gasteiger partial charge in [-0.05, 0) is 18.2 Å². The molecule has 0 aliphatic carbocycles. The van der Waals surface area contributed by atoms with Crippen molar-refractivity contribution in [3.63, 3.8) is 0 Å². The summed E-state index contributed by atoms with van der Waals surface area (Å²) < 4.78 is 1.42. The van der Waals surface area contributed by atoms with Crippen molar-refractivity contribution in [2.75, 3.05) is 0 Å². The average molecular weight is 311 g/mol. The molecule has 2 heterocycles. The van der Waals surface area contributed by atoms with Gasteiger partial charge in [-0.2, -0.15) is 10.1 Å². The fraction of sp³-hybridized carbons (Fsp3) is 0.0667. The van der Waals surface area contributed by atoms with Crippen LogP contribution in [0.4, 0.5) is 0 Å². The number of amides is 1. The SMILES string of the molecule is O=C(NOCc1cnc(-n2cccn2)nc1O)c1ccccc1. The van der Waals surface area contributed by atoms with Crippen LogP contribution < -0.4 is 5.48 Å². The van der Waals surface area contributed by atoms with Crippen LogP contribution in [0.2, 0.25) is 0 Å². The molecule has 116 valence electrons. The molecular weight excluding hydrogens is 298 g/mol. The summed E-state index contributed by atoms with van der Waals surface area (Å²) in [5.41, 5.74) is 3.11. The van der Waals surface area contributed by atoms with E-state index in [1.807, 2.05) is 6.07 Å². The molecule has 2 aromatic heterocycles. The molecule has 0 atom stereocenters. The summed E-state index contributed by atoms with van der Waals surface area (Å²) in [5.74, 6) is -0.372. The van der Waals surface area contributed by atoms with E-state index in [1.165, 1.54) is 10.9 Å². The topological polar surface area (TPSA) is 102 Å². The Labute approximate surface area is 131 Å². The third kappa shape index (κ3) is 3.50. The first kappa shape index (κ1) is 14.7. The summed E-state index contributed by atoms with van der Waals surface area (Å²) in [6.07, 6.45) is 4.65. The highest BCUT2D eigenvalue weighted by molar-refractivity contribution is 5.93. The van der Waals surface area contributed by atoms with E-state index in [0.29, 0.717) is 11.1 Å². The minimum Gasteiger partial charge on any atom is -0.493 e. The van der Waals surface area contributed by atoms with Gasteiger partial charge in [0.1, 0.15) is 6.61 Å². The minimum absolute atomic E-state index is 0.0657.